The normalized spacial score (nSPS) is 22.4. The van der Waals surface area contributed by atoms with Crippen molar-refractivity contribution < 1.29 is 42.8 Å². The molecule has 6 heterocycles. The van der Waals surface area contributed by atoms with Crippen LogP contribution in [0.2, 0.25) is 0 Å². The summed E-state index contributed by atoms with van der Waals surface area (Å²) in [6.07, 6.45) is 3.96. The van der Waals surface area contributed by atoms with Crippen molar-refractivity contribution in [1.82, 2.24) is 35.8 Å². The monoisotopic (exact) mass is 761 g/mol. The van der Waals surface area contributed by atoms with Gasteiger partial charge in [-0.1, -0.05) is 0 Å². The van der Waals surface area contributed by atoms with Gasteiger partial charge in [-0.2, -0.15) is 0 Å². The second-order valence-electron chi connectivity index (χ2n) is 15.2. The summed E-state index contributed by atoms with van der Waals surface area (Å²) in [5, 5.41) is 8.66. The summed E-state index contributed by atoms with van der Waals surface area (Å²) in [5.41, 5.74) is 3.43. The van der Waals surface area contributed by atoms with Crippen LogP contribution in [0.4, 0.5) is 0 Å². The van der Waals surface area contributed by atoms with Gasteiger partial charge < -0.3 is 44.4 Å². The van der Waals surface area contributed by atoms with E-state index in [1.54, 1.807) is 36.8 Å². The predicted octanol–water partition coefficient (Wildman–Crippen LogP) is 2.72. The Morgan fingerprint density at radius 1 is 0.545 bits per heavy atom. The van der Waals surface area contributed by atoms with Gasteiger partial charge in [0, 0.05) is 57.9 Å². The van der Waals surface area contributed by atoms with Crippen molar-refractivity contribution in [2.24, 2.45) is 0 Å². The van der Waals surface area contributed by atoms with Crippen molar-refractivity contribution in [3.63, 3.8) is 0 Å². The SMILES string of the molecule is CC1(C)OC[C@H](CNC(=O)c2ccc(CN(Cc3ccc(C(=O)NC[C@H]4COC(C)(C)O4)cn3)Cc3ccc(C(=O)NC[C@H]4COC(C)(C)O4)cn3)nc2)O1. The lowest BCUT2D eigenvalue weighted by atomic mass is 10.2. The number of nitrogens with one attached hydrogen (secondary N) is 3. The van der Waals surface area contributed by atoms with Crippen LogP contribution < -0.4 is 16.0 Å². The summed E-state index contributed by atoms with van der Waals surface area (Å²) in [7, 11) is 0. The Labute approximate surface area is 321 Å². The second-order valence-corrected chi connectivity index (χ2v) is 15.2. The largest absolute Gasteiger partial charge is 0.349 e. The first-order chi connectivity index (χ1) is 26.1. The summed E-state index contributed by atoms with van der Waals surface area (Å²) >= 11 is 0. The molecule has 3 aliphatic rings. The lowest BCUT2D eigenvalue weighted by Crippen LogP contribution is -2.34. The average molecular weight is 762 g/mol. The fourth-order valence-corrected chi connectivity index (χ4v) is 6.33. The van der Waals surface area contributed by atoms with E-state index < -0.39 is 17.4 Å². The molecular weight excluding hydrogens is 710 g/mol. The first kappa shape index (κ1) is 40.2. The molecule has 3 aromatic rings. The smallest absolute Gasteiger partial charge is 0.252 e. The number of ether oxygens (including phenoxy) is 6. The Hall–Kier alpha value is -4.42. The van der Waals surface area contributed by atoms with Gasteiger partial charge in [0.25, 0.3) is 17.7 Å². The molecular formula is C39H51N7O9. The van der Waals surface area contributed by atoms with Gasteiger partial charge in [-0.25, -0.2) is 0 Å². The molecule has 16 heteroatoms. The van der Waals surface area contributed by atoms with Crippen LogP contribution in [0.15, 0.2) is 55.0 Å². The van der Waals surface area contributed by atoms with Gasteiger partial charge in [0.2, 0.25) is 0 Å². The number of carbonyl (C=O) groups is 3. The van der Waals surface area contributed by atoms with E-state index in [0.29, 0.717) is 75.8 Å². The molecule has 3 atom stereocenters. The van der Waals surface area contributed by atoms with Crippen LogP contribution in [0.1, 0.15) is 89.7 Å². The Bertz CT molecular complexity index is 1580. The van der Waals surface area contributed by atoms with Crippen LogP contribution in [0, 0.1) is 0 Å². The number of hydrogen-bond donors (Lipinski definition) is 3. The third-order valence-electron chi connectivity index (χ3n) is 9.09. The molecule has 296 valence electrons. The molecule has 0 spiro atoms. The van der Waals surface area contributed by atoms with E-state index in [0.717, 1.165) is 17.1 Å². The number of aromatic nitrogens is 3. The highest BCUT2D eigenvalue weighted by Gasteiger charge is 2.34. The molecule has 55 heavy (non-hydrogen) atoms. The highest BCUT2D eigenvalue weighted by molar-refractivity contribution is 5.94. The highest BCUT2D eigenvalue weighted by atomic mass is 16.8. The Balaban J connectivity index is 1.08. The molecule has 3 N–H and O–H groups in total. The molecule has 3 aliphatic heterocycles. The van der Waals surface area contributed by atoms with Crippen LogP contribution >= 0.6 is 0 Å². The van der Waals surface area contributed by atoms with Crippen LogP contribution in [-0.2, 0) is 48.1 Å². The summed E-state index contributed by atoms with van der Waals surface area (Å²) in [4.78, 5) is 54.4. The van der Waals surface area contributed by atoms with Gasteiger partial charge in [0.15, 0.2) is 17.4 Å². The molecule has 6 rings (SSSR count). The molecule has 0 aliphatic carbocycles. The summed E-state index contributed by atoms with van der Waals surface area (Å²) < 4.78 is 34.1. The van der Waals surface area contributed by atoms with Gasteiger partial charge >= 0.3 is 0 Å². The quantitative estimate of drug-likeness (QED) is 0.206. The van der Waals surface area contributed by atoms with E-state index in [1.807, 2.05) is 59.7 Å². The maximum absolute atomic E-state index is 12.8. The highest BCUT2D eigenvalue weighted by Crippen LogP contribution is 2.24. The maximum Gasteiger partial charge on any atom is 0.252 e. The number of rotatable bonds is 15. The molecule has 3 saturated heterocycles. The zero-order chi connectivity index (χ0) is 39.2. The second kappa shape index (κ2) is 17.2. The summed E-state index contributed by atoms with van der Waals surface area (Å²) in [6, 6.07) is 10.6. The lowest BCUT2D eigenvalue weighted by Gasteiger charge is -2.22. The molecule has 3 fully saturated rings. The Morgan fingerprint density at radius 2 is 0.836 bits per heavy atom. The van der Waals surface area contributed by atoms with Gasteiger partial charge in [0.05, 0.1) is 53.6 Å². The van der Waals surface area contributed by atoms with Gasteiger partial charge in [0.1, 0.15) is 18.3 Å². The van der Waals surface area contributed by atoms with E-state index in [9.17, 15) is 14.4 Å². The minimum Gasteiger partial charge on any atom is -0.349 e. The summed E-state index contributed by atoms with van der Waals surface area (Å²) in [6.45, 7) is 14.4. The number of carbonyl (C=O) groups excluding carboxylic acids is 3. The number of pyridine rings is 3. The van der Waals surface area contributed by atoms with Crippen molar-refractivity contribution in [2.75, 3.05) is 39.5 Å². The van der Waals surface area contributed by atoms with Crippen molar-refractivity contribution in [3.05, 3.63) is 88.8 Å². The predicted molar refractivity (Wildman–Crippen MR) is 197 cm³/mol. The van der Waals surface area contributed by atoms with Crippen LogP contribution in [0.3, 0.4) is 0 Å². The molecule has 0 unspecified atom stereocenters. The van der Waals surface area contributed by atoms with E-state index in [2.05, 4.69) is 35.8 Å². The molecule has 0 aromatic carbocycles. The van der Waals surface area contributed by atoms with E-state index in [4.69, 9.17) is 28.4 Å². The molecule has 0 saturated carbocycles. The summed E-state index contributed by atoms with van der Waals surface area (Å²) in [5.74, 6) is -2.77. The molecule has 3 amide bonds. The standard InChI is InChI=1S/C39H51N7O9/c1-37(2)50-22-31(53-37)16-43-34(47)25-7-10-28(40-13-25)19-46(20-29-11-8-26(14-41-29)35(48)44-17-32-23-51-38(3,4)54-32)21-30-12-9-27(15-42-30)36(49)45-18-33-24-52-39(5,6)55-33/h7-15,31-33H,16-24H2,1-6H3,(H,43,47)(H,44,48)(H,45,49)/t31-,32-,33-/m0/s1. The lowest BCUT2D eigenvalue weighted by molar-refractivity contribution is -0.138. The van der Waals surface area contributed by atoms with E-state index in [1.165, 1.54) is 0 Å². The fourth-order valence-electron chi connectivity index (χ4n) is 6.33. The third kappa shape index (κ3) is 11.8. The number of hydrogen-bond acceptors (Lipinski definition) is 13. The molecule has 0 bridgehead atoms. The van der Waals surface area contributed by atoms with Crippen LogP contribution in [0.25, 0.3) is 0 Å². The zero-order valence-corrected chi connectivity index (χ0v) is 32.3. The first-order valence-corrected chi connectivity index (χ1v) is 18.5. The van der Waals surface area contributed by atoms with Gasteiger partial charge in [-0.3, -0.25) is 34.2 Å². The molecule has 16 nitrogen and oxygen atoms in total. The Morgan fingerprint density at radius 3 is 1.05 bits per heavy atom. The van der Waals surface area contributed by atoms with E-state index in [-0.39, 0.29) is 36.0 Å². The van der Waals surface area contributed by atoms with Crippen LogP contribution in [-0.4, -0.2) is 113 Å². The van der Waals surface area contributed by atoms with Gasteiger partial charge in [-0.05, 0) is 77.9 Å². The minimum absolute atomic E-state index is 0.225. The number of amides is 3. The van der Waals surface area contributed by atoms with Crippen molar-refractivity contribution in [3.8, 4) is 0 Å². The molecule has 3 aromatic heterocycles. The number of nitrogens with zero attached hydrogens (tertiary/aromatic N) is 4. The van der Waals surface area contributed by atoms with Crippen molar-refractivity contribution in [1.29, 1.82) is 0 Å². The zero-order valence-electron chi connectivity index (χ0n) is 32.3. The van der Waals surface area contributed by atoms with Crippen molar-refractivity contribution in [2.45, 2.75) is 96.8 Å². The van der Waals surface area contributed by atoms with Crippen LogP contribution in [0.5, 0.6) is 0 Å². The minimum atomic E-state index is -0.667. The van der Waals surface area contributed by atoms with E-state index >= 15 is 0 Å². The molecule has 0 radical (unpaired) electrons. The first-order valence-electron chi connectivity index (χ1n) is 18.5. The fraction of sp³-hybridized carbons (Fsp3) is 0.538. The van der Waals surface area contributed by atoms with Crippen molar-refractivity contribution >= 4 is 17.7 Å². The maximum atomic E-state index is 12.8. The third-order valence-corrected chi connectivity index (χ3v) is 9.09. The Kier molecular flexibility index (Phi) is 12.6. The van der Waals surface area contributed by atoms with Gasteiger partial charge in [-0.15, -0.1) is 0 Å². The topological polar surface area (TPSA) is 185 Å². The average Bonchev–Trinajstić information content (AvgIpc) is 3.82.